The van der Waals surface area contributed by atoms with Gasteiger partial charge >= 0.3 is 0 Å². The largest absolute Gasteiger partial charge is 0.484 e. The van der Waals surface area contributed by atoms with Gasteiger partial charge in [0.1, 0.15) is 10.6 Å². The van der Waals surface area contributed by atoms with Gasteiger partial charge in [-0.15, -0.1) is 0 Å². The van der Waals surface area contributed by atoms with Gasteiger partial charge in [-0.3, -0.25) is 9.89 Å². The van der Waals surface area contributed by atoms with E-state index in [-0.39, 0.29) is 30.5 Å². The summed E-state index contributed by atoms with van der Waals surface area (Å²) in [6, 6.07) is 5.60. The summed E-state index contributed by atoms with van der Waals surface area (Å²) in [5.74, 6) is 0.299. The minimum absolute atomic E-state index is 0.0712. The number of hydrogen-bond acceptors (Lipinski definition) is 5. The van der Waals surface area contributed by atoms with E-state index in [0.29, 0.717) is 17.1 Å². The lowest BCUT2D eigenvalue weighted by Crippen LogP contribution is -2.37. The molecule has 1 heterocycles. The maximum atomic E-state index is 12.2. The molecule has 2 rings (SSSR count). The SMILES string of the molecule is Cc1ccc(OCC(=O)NCCNS(=O)(=O)c2c(C)n[nH]c2C)cc1C. The molecule has 0 aliphatic heterocycles. The van der Waals surface area contributed by atoms with Gasteiger partial charge < -0.3 is 10.1 Å². The van der Waals surface area contributed by atoms with E-state index in [1.165, 1.54) is 0 Å². The molecule has 1 amide bonds. The second-order valence-corrected chi connectivity index (χ2v) is 7.75. The lowest BCUT2D eigenvalue weighted by Gasteiger charge is -2.10. The summed E-state index contributed by atoms with van der Waals surface area (Å²) in [6.45, 7) is 7.32. The van der Waals surface area contributed by atoms with Crippen LogP contribution < -0.4 is 14.8 Å². The van der Waals surface area contributed by atoms with Crippen molar-refractivity contribution in [3.8, 4) is 5.75 Å². The third kappa shape index (κ3) is 5.06. The van der Waals surface area contributed by atoms with Gasteiger partial charge in [-0.2, -0.15) is 5.10 Å². The zero-order valence-corrected chi connectivity index (χ0v) is 16.2. The van der Waals surface area contributed by atoms with E-state index in [1.807, 2.05) is 26.0 Å². The molecule has 8 nitrogen and oxygen atoms in total. The first-order chi connectivity index (χ1) is 12.2. The van der Waals surface area contributed by atoms with Gasteiger partial charge in [0.15, 0.2) is 6.61 Å². The zero-order valence-electron chi connectivity index (χ0n) is 15.3. The lowest BCUT2D eigenvalue weighted by atomic mass is 10.1. The Morgan fingerprint density at radius 2 is 1.88 bits per heavy atom. The van der Waals surface area contributed by atoms with Gasteiger partial charge in [0.2, 0.25) is 10.0 Å². The van der Waals surface area contributed by atoms with Gasteiger partial charge in [-0.05, 0) is 51.0 Å². The molecule has 0 bridgehead atoms. The topological polar surface area (TPSA) is 113 Å². The van der Waals surface area contributed by atoms with Crippen LogP contribution in [0.15, 0.2) is 23.1 Å². The molecule has 0 unspecified atom stereocenters. The second-order valence-electron chi connectivity index (χ2n) is 6.05. The monoisotopic (exact) mass is 380 g/mol. The molecule has 0 saturated carbocycles. The van der Waals surface area contributed by atoms with Crippen molar-refractivity contribution in [2.45, 2.75) is 32.6 Å². The molecule has 0 radical (unpaired) electrons. The average molecular weight is 380 g/mol. The van der Waals surface area contributed by atoms with Crippen molar-refractivity contribution in [2.24, 2.45) is 0 Å². The molecule has 0 aliphatic rings. The summed E-state index contributed by atoms with van der Waals surface area (Å²) < 4.78 is 32.4. The first-order valence-electron chi connectivity index (χ1n) is 8.18. The highest BCUT2D eigenvalue weighted by Gasteiger charge is 2.21. The molecular weight excluding hydrogens is 356 g/mol. The van der Waals surface area contributed by atoms with Gasteiger partial charge in [0.25, 0.3) is 5.91 Å². The molecule has 0 atom stereocenters. The molecule has 26 heavy (non-hydrogen) atoms. The molecule has 0 aliphatic carbocycles. The Morgan fingerprint density at radius 1 is 1.15 bits per heavy atom. The number of aromatic amines is 1. The van der Waals surface area contributed by atoms with E-state index in [4.69, 9.17) is 4.74 Å². The number of sulfonamides is 1. The molecule has 2 aromatic rings. The van der Waals surface area contributed by atoms with E-state index >= 15 is 0 Å². The van der Waals surface area contributed by atoms with Crippen LogP contribution in [0.5, 0.6) is 5.75 Å². The minimum atomic E-state index is -3.67. The number of amides is 1. The number of ether oxygens (including phenoxy) is 1. The van der Waals surface area contributed by atoms with Gasteiger partial charge in [-0.1, -0.05) is 6.07 Å². The number of benzene rings is 1. The fourth-order valence-corrected chi connectivity index (χ4v) is 3.80. The summed E-state index contributed by atoms with van der Waals surface area (Å²) in [5, 5.41) is 9.12. The number of carbonyl (C=O) groups excluding carboxylic acids is 1. The van der Waals surface area contributed by atoms with Gasteiger partial charge in [0.05, 0.1) is 11.4 Å². The summed E-state index contributed by atoms with van der Waals surface area (Å²) in [4.78, 5) is 11.9. The van der Waals surface area contributed by atoms with Crippen LogP contribution in [-0.2, 0) is 14.8 Å². The standard InChI is InChI=1S/C17H24N4O4S/c1-11-5-6-15(9-12(11)2)25-10-16(22)18-7-8-19-26(23,24)17-13(3)20-21-14(17)4/h5-6,9,19H,7-8,10H2,1-4H3,(H,18,22)(H,20,21). The molecule has 142 valence electrons. The van der Waals surface area contributed by atoms with E-state index in [1.54, 1.807) is 19.9 Å². The Labute approximate surface area is 153 Å². The normalized spacial score (nSPS) is 11.4. The fraction of sp³-hybridized carbons (Fsp3) is 0.412. The van der Waals surface area contributed by atoms with E-state index < -0.39 is 10.0 Å². The Kier molecular flexibility index (Phi) is 6.38. The number of nitrogens with one attached hydrogen (secondary N) is 3. The first kappa shape index (κ1) is 19.9. The highest BCUT2D eigenvalue weighted by Crippen LogP contribution is 2.16. The Bertz CT molecular complexity index is 871. The maximum Gasteiger partial charge on any atom is 0.257 e. The maximum absolute atomic E-state index is 12.2. The fourth-order valence-electron chi connectivity index (χ4n) is 2.40. The Hall–Kier alpha value is -2.39. The van der Waals surface area contributed by atoms with Crippen LogP contribution in [0.3, 0.4) is 0 Å². The molecule has 3 N–H and O–H groups in total. The van der Waals surface area contributed by atoms with Crippen LogP contribution >= 0.6 is 0 Å². The molecule has 0 fully saturated rings. The predicted molar refractivity (Wildman–Crippen MR) is 97.7 cm³/mol. The quantitative estimate of drug-likeness (QED) is 0.594. The van der Waals surface area contributed by atoms with Crippen LogP contribution in [0.2, 0.25) is 0 Å². The third-order valence-electron chi connectivity index (χ3n) is 3.92. The Balaban J connectivity index is 1.75. The number of aryl methyl sites for hydroxylation is 4. The number of nitrogens with zero attached hydrogens (tertiary/aromatic N) is 1. The van der Waals surface area contributed by atoms with Crippen molar-refractivity contribution in [1.29, 1.82) is 0 Å². The van der Waals surface area contributed by atoms with Crippen molar-refractivity contribution in [3.63, 3.8) is 0 Å². The van der Waals surface area contributed by atoms with Crippen molar-refractivity contribution < 1.29 is 17.9 Å². The number of H-pyrrole nitrogens is 1. The summed E-state index contributed by atoms with van der Waals surface area (Å²) in [6.07, 6.45) is 0. The van der Waals surface area contributed by atoms with Crippen LogP contribution in [0, 0.1) is 27.7 Å². The Morgan fingerprint density at radius 3 is 2.50 bits per heavy atom. The highest BCUT2D eigenvalue weighted by atomic mass is 32.2. The summed E-state index contributed by atoms with van der Waals surface area (Å²) >= 11 is 0. The second kappa shape index (κ2) is 8.33. The van der Waals surface area contributed by atoms with Crippen molar-refractivity contribution in [3.05, 3.63) is 40.7 Å². The van der Waals surface area contributed by atoms with Gasteiger partial charge in [-0.25, -0.2) is 13.1 Å². The molecule has 0 spiro atoms. The summed E-state index contributed by atoms with van der Waals surface area (Å²) in [7, 11) is -3.67. The van der Waals surface area contributed by atoms with E-state index in [0.717, 1.165) is 11.1 Å². The molecule has 9 heteroatoms. The zero-order chi connectivity index (χ0) is 19.3. The molecule has 1 aromatic heterocycles. The van der Waals surface area contributed by atoms with Crippen LogP contribution in [-0.4, -0.2) is 44.2 Å². The smallest absolute Gasteiger partial charge is 0.257 e. The first-order valence-corrected chi connectivity index (χ1v) is 9.67. The lowest BCUT2D eigenvalue weighted by molar-refractivity contribution is -0.123. The predicted octanol–water partition coefficient (Wildman–Crippen LogP) is 1.12. The van der Waals surface area contributed by atoms with Crippen molar-refractivity contribution in [1.82, 2.24) is 20.2 Å². The molecule has 0 saturated heterocycles. The minimum Gasteiger partial charge on any atom is -0.484 e. The van der Waals surface area contributed by atoms with Gasteiger partial charge in [0, 0.05) is 13.1 Å². The van der Waals surface area contributed by atoms with Crippen LogP contribution in [0.25, 0.3) is 0 Å². The van der Waals surface area contributed by atoms with Crippen molar-refractivity contribution in [2.75, 3.05) is 19.7 Å². The third-order valence-corrected chi connectivity index (χ3v) is 5.64. The average Bonchev–Trinajstić information content (AvgIpc) is 2.92. The van der Waals surface area contributed by atoms with E-state index in [9.17, 15) is 13.2 Å². The van der Waals surface area contributed by atoms with E-state index in [2.05, 4.69) is 20.2 Å². The van der Waals surface area contributed by atoms with Crippen molar-refractivity contribution >= 4 is 15.9 Å². The number of aromatic nitrogens is 2. The highest BCUT2D eigenvalue weighted by molar-refractivity contribution is 7.89. The molecular formula is C17H24N4O4S. The summed E-state index contributed by atoms with van der Waals surface area (Å²) in [5.41, 5.74) is 3.11. The number of hydrogen-bond donors (Lipinski definition) is 3. The van der Waals surface area contributed by atoms with Crippen LogP contribution in [0.4, 0.5) is 0 Å². The number of rotatable bonds is 8. The molecule has 1 aromatic carbocycles. The van der Waals surface area contributed by atoms with Crippen LogP contribution in [0.1, 0.15) is 22.5 Å². The number of carbonyl (C=O) groups is 1.